The normalized spacial score (nSPS) is 11.9. The zero-order valence-corrected chi connectivity index (χ0v) is 12.6. The van der Waals surface area contributed by atoms with Crippen LogP contribution in [0, 0.1) is 6.92 Å². The first kappa shape index (κ1) is 15.9. The number of nitrogens with one attached hydrogen (secondary N) is 3. The van der Waals surface area contributed by atoms with Gasteiger partial charge < -0.3 is 16.0 Å². The Morgan fingerprint density at radius 2 is 1.80 bits per heavy atom. The van der Waals surface area contributed by atoms with Crippen LogP contribution in [-0.4, -0.2) is 35.9 Å². The number of rotatable bonds is 5. The van der Waals surface area contributed by atoms with Gasteiger partial charge in [-0.2, -0.15) is 0 Å². The number of nitrogens with zero attached hydrogens (tertiary/aromatic N) is 1. The van der Waals surface area contributed by atoms with E-state index in [1.54, 1.807) is 26.1 Å². The van der Waals surface area contributed by atoms with E-state index in [-0.39, 0.29) is 17.9 Å². The number of aryl methyl sites for hydroxylation is 1. The first-order valence-corrected chi connectivity index (χ1v) is 6.61. The molecule has 20 heavy (non-hydrogen) atoms. The fourth-order valence-corrected chi connectivity index (χ4v) is 1.68. The molecule has 6 nitrogen and oxygen atoms in total. The third-order valence-corrected chi connectivity index (χ3v) is 2.64. The summed E-state index contributed by atoms with van der Waals surface area (Å²) in [7, 11) is 1.74. The minimum atomic E-state index is -0.587. The number of aromatic nitrogens is 1. The van der Waals surface area contributed by atoms with Crippen LogP contribution in [-0.2, 0) is 4.79 Å². The summed E-state index contributed by atoms with van der Waals surface area (Å²) in [5.41, 5.74) is 1.22. The van der Waals surface area contributed by atoms with Crippen molar-refractivity contribution in [2.75, 3.05) is 12.4 Å². The van der Waals surface area contributed by atoms with Crippen molar-refractivity contribution in [1.29, 1.82) is 0 Å². The lowest BCUT2D eigenvalue weighted by Gasteiger charge is -2.16. The van der Waals surface area contributed by atoms with Crippen LogP contribution in [0.25, 0.3) is 0 Å². The fraction of sp³-hybridized carbons (Fsp3) is 0.500. The maximum atomic E-state index is 12.1. The quantitative estimate of drug-likeness (QED) is 0.752. The van der Waals surface area contributed by atoms with Crippen molar-refractivity contribution in [2.24, 2.45) is 0 Å². The molecule has 6 heteroatoms. The number of carbonyl (C=O) groups is 2. The number of hydrogen-bond donors (Lipinski definition) is 3. The van der Waals surface area contributed by atoms with Crippen molar-refractivity contribution < 1.29 is 9.59 Å². The van der Waals surface area contributed by atoms with E-state index < -0.39 is 6.04 Å². The molecule has 0 aliphatic rings. The van der Waals surface area contributed by atoms with E-state index in [1.807, 2.05) is 20.8 Å². The lowest BCUT2D eigenvalue weighted by Crippen LogP contribution is -2.46. The second kappa shape index (κ2) is 6.88. The largest absolute Gasteiger partial charge is 0.373 e. The molecule has 2 amide bonds. The van der Waals surface area contributed by atoms with E-state index in [2.05, 4.69) is 20.9 Å². The molecule has 0 aliphatic heterocycles. The first-order chi connectivity index (χ1) is 9.33. The molecule has 0 saturated heterocycles. The molecular weight excluding hydrogens is 256 g/mol. The predicted molar refractivity (Wildman–Crippen MR) is 78.7 cm³/mol. The van der Waals surface area contributed by atoms with Crippen molar-refractivity contribution in [2.45, 2.75) is 39.8 Å². The number of anilines is 1. The molecular formula is C14H22N4O2. The lowest BCUT2D eigenvalue weighted by atomic mass is 10.2. The minimum Gasteiger partial charge on any atom is -0.373 e. The summed E-state index contributed by atoms with van der Waals surface area (Å²) in [6, 6.07) is 2.79. The smallest absolute Gasteiger partial charge is 0.252 e. The molecule has 1 aromatic rings. The van der Waals surface area contributed by atoms with Gasteiger partial charge in [0.05, 0.1) is 0 Å². The second-order valence-corrected chi connectivity index (χ2v) is 4.99. The molecule has 1 atom stereocenters. The van der Waals surface area contributed by atoms with Crippen LogP contribution in [0.3, 0.4) is 0 Å². The van der Waals surface area contributed by atoms with Crippen molar-refractivity contribution >= 4 is 17.6 Å². The third kappa shape index (κ3) is 4.53. The molecule has 1 aromatic heterocycles. The molecule has 3 N–H and O–H groups in total. The van der Waals surface area contributed by atoms with Gasteiger partial charge >= 0.3 is 0 Å². The van der Waals surface area contributed by atoms with Crippen LogP contribution < -0.4 is 16.0 Å². The van der Waals surface area contributed by atoms with Gasteiger partial charge in [0.1, 0.15) is 11.9 Å². The van der Waals surface area contributed by atoms with Crippen LogP contribution in [0.15, 0.2) is 12.1 Å². The van der Waals surface area contributed by atoms with Gasteiger partial charge in [0.2, 0.25) is 5.91 Å². The standard InChI is InChI=1S/C14H22N4O2/c1-8(2)16-13(19)10(4)18-14(20)11-6-9(3)17-12(7-11)15-5/h6-8,10H,1-5H3,(H,15,17)(H,16,19)(H,18,20). The van der Waals surface area contributed by atoms with Gasteiger partial charge in [0.15, 0.2) is 0 Å². The van der Waals surface area contributed by atoms with E-state index in [0.717, 1.165) is 5.69 Å². The van der Waals surface area contributed by atoms with Gasteiger partial charge in [-0.05, 0) is 39.8 Å². The van der Waals surface area contributed by atoms with Gasteiger partial charge in [-0.25, -0.2) is 4.98 Å². The van der Waals surface area contributed by atoms with Crippen molar-refractivity contribution in [1.82, 2.24) is 15.6 Å². The van der Waals surface area contributed by atoms with Crippen molar-refractivity contribution in [3.63, 3.8) is 0 Å². The third-order valence-electron chi connectivity index (χ3n) is 2.64. The van der Waals surface area contributed by atoms with E-state index in [9.17, 15) is 9.59 Å². The molecule has 1 rings (SSSR count). The summed E-state index contributed by atoms with van der Waals surface area (Å²) < 4.78 is 0. The highest BCUT2D eigenvalue weighted by molar-refractivity contribution is 5.98. The predicted octanol–water partition coefficient (Wildman–Crippen LogP) is 1.07. The number of hydrogen-bond acceptors (Lipinski definition) is 4. The van der Waals surface area contributed by atoms with Crippen LogP contribution in [0.1, 0.15) is 36.8 Å². The summed E-state index contributed by atoms with van der Waals surface area (Å²) >= 11 is 0. The van der Waals surface area contributed by atoms with Crippen molar-refractivity contribution in [3.8, 4) is 0 Å². The molecule has 1 heterocycles. The topological polar surface area (TPSA) is 83.1 Å². The van der Waals surface area contributed by atoms with Gasteiger partial charge in [-0.3, -0.25) is 9.59 Å². The van der Waals surface area contributed by atoms with Gasteiger partial charge in [0.25, 0.3) is 5.91 Å². The second-order valence-electron chi connectivity index (χ2n) is 4.99. The Bertz CT molecular complexity index is 500. The zero-order valence-electron chi connectivity index (χ0n) is 12.6. The van der Waals surface area contributed by atoms with E-state index in [1.165, 1.54) is 0 Å². The summed E-state index contributed by atoms with van der Waals surface area (Å²) in [5.74, 6) is 0.126. The van der Waals surface area contributed by atoms with Crippen LogP contribution in [0.5, 0.6) is 0 Å². The van der Waals surface area contributed by atoms with E-state index >= 15 is 0 Å². The number of carbonyl (C=O) groups excluding carboxylic acids is 2. The summed E-state index contributed by atoms with van der Waals surface area (Å²) in [4.78, 5) is 28.1. The highest BCUT2D eigenvalue weighted by atomic mass is 16.2. The molecule has 110 valence electrons. The molecule has 0 saturated carbocycles. The highest BCUT2D eigenvalue weighted by Crippen LogP contribution is 2.09. The summed E-state index contributed by atoms with van der Waals surface area (Å²) in [5, 5.41) is 8.32. The Labute approximate surface area is 119 Å². The van der Waals surface area contributed by atoms with E-state index in [0.29, 0.717) is 11.4 Å². The summed E-state index contributed by atoms with van der Waals surface area (Å²) in [6.07, 6.45) is 0. The lowest BCUT2D eigenvalue weighted by molar-refractivity contribution is -0.123. The van der Waals surface area contributed by atoms with Gasteiger partial charge in [-0.15, -0.1) is 0 Å². The average Bonchev–Trinajstić information content (AvgIpc) is 2.36. The monoisotopic (exact) mass is 278 g/mol. The Balaban J connectivity index is 2.76. The highest BCUT2D eigenvalue weighted by Gasteiger charge is 2.17. The first-order valence-electron chi connectivity index (χ1n) is 6.61. The zero-order chi connectivity index (χ0) is 15.3. The Kier molecular flexibility index (Phi) is 5.49. The minimum absolute atomic E-state index is 0.0425. The molecule has 0 bridgehead atoms. The molecule has 0 radical (unpaired) electrons. The van der Waals surface area contributed by atoms with Gasteiger partial charge in [0, 0.05) is 24.3 Å². The van der Waals surface area contributed by atoms with Crippen LogP contribution in [0.4, 0.5) is 5.82 Å². The molecule has 0 spiro atoms. The van der Waals surface area contributed by atoms with E-state index in [4.69, 9.17) is 0 Å². The Morgan fingerprint density at radius 1 is 1.15 bits per heavy atom. The molecule has 0 aromatic carbocycles. The molecule has 0 aliphatic carbocycles. The number of pyridine rings is 1. The maximum Gasteiger partial charge on any atom is 0.252 e. The SMILES string of the molecule is CNc1cc(C(=O)NC(C)C(=O)NC(C)C)cc(C)n1. The maximum absolute atomic E-state index is 12.1. The molecule has 0 fully saturated rings. The number of amides is 2. The van der Waals surface area contributed by atoms with Gasteiger partial charge in [-0.1, -0.05) is 0 Å². The molecule has 1 unspecified atom stereocenters. The summed E-state index contributed by atoms with van der Waals surface area (Å²) in [6.45, 7) is 7.21. The van der Waals surface area contributed by atoms with Crippen molar-refractivity contribution in [3.05, 3.63) is 23.4 Å². The van der Waals surface area contributed by atoms with Crippen LogP contribution in [0.2, 0.25) is 0 Å². The average molecular weight is 278 g/mol. The fourth-order valence-electron chi connectivity index (χ4n) is 1.68. The van der Waals surface area contributed by atoms with Crippen LogP contribution >= 0.6 is 0 Å². The Morgan fingerprint density at radius 3 is 2.35 bits per heavy atom. The Hall–Kier alpha value is -2.11.